The van der Waals surface area contributed by atoms with Gasteiger partial charge in [-0.3, -0.25) is 9.59 Å². The second kappa shape index (κ2) is 10.8. The third kappa shape index (κ3) is 5.64. The van der Waals surface area contributed by atoms with Gasteiger partial charge in [0.2, 0.25) is 0 Å². The number of anilines is 1. The van der Waals surface area contributed by atoms with Gasteiger partial charge in [0, 0.05) is 11.1 Å². The molecule has 0 saturated carbocycles. The highest BCUT2D eigenvalue weighted by molar-refractivity contribution is 7.88. The molecule has 0 radical (unpaired) electrons. The van der Waals surface area contributed by atoms with Crippen LogP contribution in [0.15, 0.2) is 34.8 Å². The van der Waals surface area contributed by atoms with Gasteiger partial charge in [0.15, 0.2) is 29.8 Å². The lowest BCUT2D eigenvalue weighted by molar-refractivity contribution is -0.214. The predicted molar refractivity (Wildman–Crippen MR) is 128 cm³/mol. The van der Waals surface area contributed by atoms with Gasteiger partial charge < -0.3 is 30.6 Å². The number of nitrogens with two attached hydrogens (primary N) is 1. The molecule has 5 N–H and O–H groups in total. The van der Waals surface area contributed by atoms with E-state index in [-0.39, 0.29) is 42.1 Å². The number of ether oxygens (including phenoxy) is 1. The molecule has 182 valence electrons. The summed E-state index contributed by atoms with van der Waals surface area (Å²) < 4.78 is 19.2. The second-order valence-electron chi connectivity index (χ2n) is 7.68. The Morgan fingerprint density at radius 1 is 1.38 bits per heavy atom. The summed E-state index contributed by atoms with van der Waals surface area (Å²) in [6, 6.07) is 6.13. The van der Waals surface area contributed by atoms with E-state index in [0.29, 0.717) is 11.5 Å². The predicted octanol–water partition coefficient (Wildman–Crippen LogP) is 2.07. The van der Waals surface area contributed by atoms with Crippen molar-refractivity contribution in [1.29, 1.82) is 5.41 Å². The molecule has 34 heavy (non-hydrogen) atoms. The number of amides is 2. The zero-order valence-corrected chi connectivity index (χ0v) is 20.2. The van der Waals surface area contributed by atoms with Gasteiger partial charge >= 0.3 is 0 Å². The monoisotopic (exact) mass is 508 g/mol. The lowest BCUT2D eigenvalue weighted by atomic mass is 9.84. The lowest BCUT2D eigenvalue weighted by Crippen LogP contribution is -2.76. The minimum atomic E-state index is -0.913. The van der Waals surface area contributed by atoms with E-state index in [9.17, 15) is 9.59 Å². The van der Waals surface area contributed by atoms with Crippen molar-refractivity contribution in [2.45, 2.75) is 32.4 Å². The Morgan fingerprint density at radius 2 is 2.09 bits per heavy atom. The number of carbonyl (C=O) groups is 2. The average molecular weight is 509 g/mol. The van der Waals surface area contributed by atoms with Crippen molar-refractivity contribution < 1.29 is 28.0 Å². The van der Waals surface area contributed by atoms with Crippen molar-refractivity contribution >= 4 is 52.0 Å². The lowest BCUT2D eigenvalue weighted by Gasteiger charge is -2.50. The topological polar surface area (TPSA) is 172 Å². The van der Waals surface area contributed by atoms with Crippen LogP contribution in [0.5, 0.6) is 5.75 Å². The van der Waals surface area contributed by atoms with Crippen LogP contribution >= 0.6 is 23.7 Å². The Labute approximate surface area is 203 Å². The van der Waals surface area contributed by atoms with Crippen LogP contribution in [0.2, 0.25) is 0 Å². The van der Waals surface area contributed by atoms with E-state index in [1.807, 2.05) is 0 Å². The first-order valence-corrected chi connectivity index (χ1v) is 11.6. The number of thiazole rings is 1. The zero-order chi connectivity index (χ0) is 24.9. The van der Waals surface area contributed by atoms with Crippen LogP contribution in [0.4, 0.5) is 5.13 Å². The molecule has 0 bridgehead atoms. The average Bonchev–Trinajstić information content (AvgIpc) is 3.23. The van der Waals surface area contributed by atoms with E-state index in [2.05, 4.69) is 15.5 Å². The van der Waals surface area contributed by atoms with E-state index >= 15 is 0 Å². The Hall–Kier alpha value is -3.20. The number of aromatic nitrogens is 1. The SMILES string of the molecule is CC(=N)c1ccc(OCCO/N=C(\C(=O)N[C@@H]2C(=O)N(OSO)C2(C)C)c2csc(N)n2)cc1. The normalized spacial score (nSPS) is 17.2. The molecule has 1 aromatic heterocycles. The summed E-state index contributed by atoms with van der Waals surface area (Å²) in [5.74, 6) is -0.622. The first kappa shape index (κ1) is 25.4. The minimum Gasteiger partial charge on any atom is -0.490 e. The largest absolute Gasteiger partial charge is 0.490 e. The third-order valence-electron chi connectivity index (χ3n) is 4.93. The number of β-lactam (4-membered cyclic amide) rings is 1. The van der Waals surface area contributed by atoms with Gasteiger partial charge in [0.1, 0.15) is 24.1 Å². The Balaban J connectivity index is 1.61. The minimum absolute atomic E-state index is 0.0327. The molecule has 0 spiro atoms. The Kier molecular flexibility index (Phi) is 8.09. The third-order valence-corrected chi connectivity index (χ3v) is 5.82. The summed E-state index contributed by atoms with van der Waals surface area (Å²) in [4.78, 5) is 34.5. The van der Waals surface area contributed by atoms with Crippen LogP contribution in [0.3, 0.4) is 0 Å². The van der Waals surface area contributed by atoms with E-state index in [1.165, 1.54) is 0 Å². The van der Waals surface area contributed by atoms with Crippen LogP contribution < -0.4 is 15.8 Å². The van der Waals surface area contributed by atoms with Gasteiger partial charge in [0.05, 0.1) is 5.54 Å². The maximum absolute atomic E-state index is 12.9. The number of hydroxylamine groups is 2. The highest BCUT2D eigenvalue weighted by atomic mass is 32.2. The standard InChI is InChI=1S/C20H24N6O6S2/c1-11(21)12-4-6-13(7-5-12)30-8-9-31-25-15(14-10-33-19(22)23-14)17(27)24-16-18(28)26(32-34-29)20(16,2)3/h4-7,10,16,21,29H,8-9H2,1-3H3,(H2,22,23)(H,24,27)/b21-11?,25-15-/t16-/m1/s1. The number of carbonyl (C=O) groups excluding carboxylic acids is 2. The van der Waals surface area contributed by atoms with Gasteiger partial charge in [0.25, 0.3) is 11.8 Å². The molecule has 1 atom stereocenters. The van der Waals surface area contributed by atoms with Gasteiger partial charge in [-0.15, -0.1) is 11.3 Å². The fourth-order valence-electron chi connectivity index (χ4n) is 3.07. The van der Waals surface area contributed by atoms with Crippen molar-refractivity contribution in [3.05, 3.63) is 40.9 Å². The number of nitrogens with one attached hydrogen (secondary N) is 2. The molecule has 2 heterocycles. The molecule has 1 aliphatic rings. The molecule has 2 aromatic rings. The van der Waals surface area contributed by atoms with Crippen LogP contribution in [-0.4, -0.2) is 62.6 Å². The maximum Gasteiger partial charge on any atom is 0.276 e. The number of oxime groups is 1. The van der Waals surface area contributed by atoms with Crippen LogP contribution in [-0.2, 0) is 18.7 Å². The fourth-order valence-corrected chi connectivity index (χ4v) is 3.95. The van der Waals surface area contributed by atoms with Gasteiger partial charge in [-0.05, 0) is 50.6 Å². The molecule has 3 rings (SSSR count). The number of rotatable bonds is 11. The summed E-state index contributed by atoms with van der Waals surface area (Å²) in [6.45, 7) is 5.21. The van der Waals surface area contributed by atoms with Crippen LogP contribution in [0, 0.1) is 5.41 Å². The summed E-state index contributed by atoms with van der Waals surface area (Å²) in [5.41, 5.74) is 6.07. The second-order valence-corrected chi connectivity index (χ2v) is 8.87. The number of nitrogen functional groups attached to an aromatic ring is 1. The molecule has 1 aliphatic heterocycles. The first-order valence-electron chi connectivity index (χ1n) is 9.98. The number of nitrogens with zero attached hydrogens (tertiary/aromatic N) is 3. The number of benzene rings is 1. The fraction of sp³-hybridized carbons (Fsp3) is 0.350. The molecule has 12 nitrogen and oxygen atoms in total. The first-order chi connectivity index (χ1) is 16.1. The van der Waals surface area contributed by atoms with E-state index in [0.717, 1.165) is 22.0 Å². The molecule has 1 saturated heterocycles. The van der Waals surface area contributed by atoms with Gasteiger partial charge in [-0.1, -0.05) is 5.16 Å². The summed E-state index contributed by atoms with van der Waals surface area (Å²) in [5, 5.41) is 16.9. The van der Waals surface area contributed by atoms with Crippen molar-refractivity contribution in [2.75, 3.05) is 18.9 Å². The summed E-state index contributed by atoms with van der Waals surface area (Å²) in [6.07, 6.45) is 0. The Morgan fingerprint density at radius 3 is 2.65 bits per heavy atom. The van der Waals surface area contributed by atoms with E-state index < -0.39 is 23.4 Å². The molecular weight excluding hydrogens is 484 g/mol. The molecule has 0 unspecified atom stereocenters. The number of hydrogen-bond acceptors (Lipinski definition) is 12. The van der Waals surface area contributed by atoms with Crippen LogP contribution in [0.1, 0.15) is 32.0 Å². The molecule has 2 amide bonds. The highest BCUT2D eigenvalue weighted by Gasteiger charge is 2.57. The summed E-state index contributed by atoms with van der Waals surface area (Å²) in [7, 11) is 0. The molecule has 1 fully saturated rings. The van der Waals surface area contributed by atoms with Gasteiger partial charge in [-0.25, -0.2) is 4.98 Å². The van der Waals surface area contributed by atoms with E-state index in [1.54, 1.807) is 50.4 Å². The quantitative estimate of drug-likeness (QED) is 0.116. The van der Waals surface area contributed by atoms with Gasteiger partial charge in [-0.2, -0.15) is 9.35 Å². The van der Waals surface area contributed by atoms with E-state index in [4.69, 9.17) is 29.6 Å². The van der Waals surface area contributed by atoms with Crippen molar-refractivity contribution in [3.63, 3.8) is 0 Å². The van der Waals surface area contributed by atoms with Crippen molar-refractivity contribution in [2.24, 2.45) is 5.16 Å². The Bertz CT molecular complexity index is 1090. The zero-order valence-electron chi connectivity index (χ0n) is 18.6. The molecule has 0 aliphatic carbocycles. The maximum atomic E-state index is 12.9. The number of hydrogen-bond donors (Lipinski definition) is 4. The van der Waals surface area contributed by atoms with Crippen molar-refractivity contribution in [1.82, 2.24) is 15.4 Å². The van der Waals surface area contributed by atoms with Crippen molar-refractivity contribution in [3.8, 4) is 5.75 Å². The smallest absolute Gasteiger partial charge is 0.276 e. The molecular formula is C20H24N6O6S2. The summed E-state index contributed by atoms with van der Waals surface area (Å²) >= 11 is 1.16. The highest BCUT2D eigenvalue weighted by Crippen LogP contribution is 2.33. The molecule has 1 aromatic carbocycles. The molecule has 14 heteroatoms. The van der Waals surface area contributed by atoms with Crippen LogP contribution in [0.25, 0.3) is 0 Å².